The number of amides is 3. The first-order valence-corrected chi connectivity index (χ1v) is 9.38. The topological polar surface area (TPSA) is 107 Å². The number of rotatable bonds is 8. The van der Waals surface area contributed by atoms with Crippen molar-refractivity contribution in [1.82, 2.24) is 10.2 Å². The van der Waals surface area contributed by atoms with Gasteiger partial charge < -0.3 is 23.9 Å². The molecule has 0 unspecified atom stereocenters. The molecule has 0 bridgehead atoms. The van der Waals surface area contributed by atoms with Gasteiger partial charge in [0.05, 0.1) is 26.9 Å². The molecule has 1 fully saturated rings. The first-order chi connectivity index (χ1) is 14.5. The highest BCUT2D eigenvalue weighted by atomic mass is 16.5. The number of ether oxygens (including phenoxy) is 3. The molecule has 2 heterocycles. The normalized spacial score (nSPS) is 14.8. The summed E-state index contributed by atoms with van der Waals surface area (Å²) in [6.07, 6.45) is 1.54. The number of furan rings is 1. The average molecular weight is 414 g/mol. The number of hydrogen-bond acceptors (Lipinski definition) is 7. The first kappa shape index (κ1) is 21.0. The summed E-state index contributed by atoms with van der Waals surface area (Å²) in [4.78, 5) is 37.5. The van der Waals surface area contributed by atoms with Gasteiger partial charge in [-0.2, -0.15) is 0 Å². The third-order valence-electron chi connectivity index (χ3n) is 4.22. The van der Waals surface area contributed by atoms with E-state index in [1.807, 2.05) is 13.8 Å². The van der Waals surface area contributed by atoms with Gasteiger partial charge in [-0.15, -0.1) is 0 Å². The number of nitrogens with one attached hydrogen (secondary N) is 1. The molecule has 158 valence electrons. The Labute approximate surface area is 173 Å². The number of urea groups is 1. The molecule has 30 heavy (non-hydrogen) atoms. The van der Waals surface area contributed by atoms with E-state index in [4.69, 9.17) is 13.9 Å². The maximum absolute atomic E-state index is 12.7. The second-order valence-corrected chi connectivity index (χ2v) is 6.20. The number of methoxy groups -OCH3 is 1. The summed E-state index contributed by atoms with van der Waals surface area (Å²) in [7, 11) is 1.23. The summed E-state index contributed by atoms with van der Waals surface area (Å²) < 4.78 is 21.0. The molecule has 1 aromatic heterocycles. The van der Waals surface area contributed by atoms with Crippen LogP contribution in [0.25, 0.3) is 6.08 Å². The van der Waals surface area contributed by atoms with Gasteiger partial charge in [0.25, 0.3) is 5.91 Å². The van der Waals surface area contributed by atoms with Crippen LogP contribution in [0.1, 0.15) is 35.7 Å². The predicted octanol–water partition coefficient (Wildman–Crippen LogP) is 2.96. The van der Waals surface area contributed by atoms with E-state index in [0.29, 0.717) is 30.3 Å². The average Bonchev–Trinajstić information content (AvgIpc) is 3.30. The maximum atomic E-state index is 12.7. The maximum Gasteiger partial charge on any atom is 0.373 e. The fourth-order valence-electron chi connectivity index (χ4n) is 2.87. The zero-order chi connectivity index (χ0) is 21.7. The molecular formula is C21H22N2O7. The minimum absolute atomic E-state index is 0.00827. The molecule has 1 aliphatic rings. The van der Waals surface area contributed by atoms with Crippen molar-refractivity contribution in [1.29, 1.82) is 0 Å². The fraction of sp³-hybridized carbons (Fsp3) is 0.286. The van der Waals surface area contributed by atoms with Crippen LogP contribution in [0.2, 0.25) is 0 Å². The monoisotopic (exact) mass is 414 g/mol. The molecule has 9 heteroatoms. The molecule has 1 aliphatic heterocycles. The van der Waals surface area contributed by atoms with E-state index in [0.717, 1.165) is 4.90 Å². The highest BCUT2D eigenvalue weighted by molar-refractivity contribution is 6.14. The van der Waals surface area contributed by atoms with Gasteiger partial charge in [0.2, 0.25) is 5.76 Å². The van der Waals surface area contributed by atoms with Crippen LogP contribution in [0, 0.1) is 0 Å². The number of hydrogen-bond donors (Lipinski definition) is 1. The third kappa shape index (κ3) is 4.45. The van der Waals surface area contributed by atoms with Gasteiger partial charge in [-0.05, 0) is 44.2 Å². The lowest BCUT2D eigenvalue weighted by atomic mass is 10.1. The van der Waals surface area contributed by atoms with Crippen molar-refractivity contribution in [3.63, 3.8) is 0 Å². The Hall–Kier alpha value is -3.75. The summed E-state index contributed by atoms with van der Waals surface area (Å²) in [5.74, 6) is 0.281. The van der Waals surface area contributed by atoms with E-state index in [9.17, 15) is 14.4 Å². The Morgan fingerprint density at radius 2 is 1.90 bits per heavy atom. The van der Waals surface area contributed by atoms with Crippen LogP contribution >= 0.6 is 0 Å². The Bertz CT molecular complexity index is 993. The van der Waals surface area contributed by atoms with Crippen molar-refractivity contribution in [2.45, 2.75) is 20.4 Å². The molecule has 2 aromatic rings. The number of esters is 1. The molecule has 1 aromatic carbocycles. The second kappa shape index (κ2) is 9.17. The lowest BCUT2D eigenvalue weighted by Gasteiger charge is -2.11. The van der Waals surface area contributed by atoms with Crippen LogP contribution in [-0.4, -0.2) is 43.1 Å². The molecular weight excluding hydrogens is 392 g/mol. The van der Waals surface area contributed by atoms with Crippen molar-refractivity contribution >= 4 is 24.0 Å². The van der Waals surface area contributed by atoms with Crippen molar-refractivity contribution in [2.24, 2.45) is 0 Å². The van der Waals surface area contributed by atoms with Crippen molar-refractivity contribution in [3.8, 4) is 11.5 Å². The van der Waals surface area contributed by atoms with Gasteiger partial charge in [0.1, 0.15) is 23.0 Å². The predicted molar refractivity (Wildman–Crippen MR) is 106 cm³/mol. The zero-order valence-electron chi connectivity index (χ0n) is 16.9. The van der Waals surface area contributed by atoms with E-state index in [-0.39, 0.29) is 23.8 Å². The summed E-state index contributed by atoms with van der Waals surface area (Å²) in [5, 5.41) is 2.55. The zero-order valence-corrected chi connectivity index (χ0v) is 16.9. The minimum Gasteiger partial charge on any atom is -0.494 e. The first-order valence-electron chi connectivity index (χ1n) is 9.38. The van der Waals surface area contributed by atoms with Crippen molar-refractivity contribution in [3.05, 3.63) is 53.1 Å². The minimum atomic E-state index is -0.641. The summed E-state index contributed by atoms with van der Waals surface area (Å²) >= 11 is 0. The molecule has 1 saturated heterocycles. The van der Waals surface area contributed by atoms with Crippen LogP contribution in [0.15, 0.2) is 40.4 Å². The Morgan fingerprint density at radius 3 is 2.60 bits per heavy atom. The molecule has 0 atom stereocenters. The number of carbonyl (C=O) groups is 3. The van der Waals surface area contributed by atoms with E-state index >= 15 is 0 Å². The lowest BCUT2D eigenvalue weighted by molar-refractivity contribution is -0.123. The molecule has 3 amide bonds. The van der Waals surface area contributed by atoms with E-state index in [2.05, 4.69) is 10.1 Å². The molecule has 0 saturated carbocycles. The molecule has 1 N–H and O–H groups in total. The molecule has 0 radical (unpaired) electrons. The third-order valence-corrected chi connectivity index (χ3v) is 4.22. The van der Waals surface area contributed by atoms with Crippen LogP contribution in [0.3, 0.4) is 0 Å². The lowest BCUT2D eigenvalue weighted by Crippen LogP contribution is -2.30. The standard InChI is InChI=1S/C21H22N2O7/c1-4-28-14-7-6-13(18(11-14)29-5-2)10-16-19(24)23(21(26)22-16)12-15-8-9-17(30-15)20(25)27-3/h6-11H,4-5,12H2,1-3H3,(H,22,26). The van der Waals surface area contributed by atoms with Crippen molar-refractivity contribution < 1.29 is 33.0 Å². The highest BCUT2D eigenvalue weighted by Gasteiger charge is 2.34. The summed E-state index contributed by atoms with van der Waals surface area (Å²) in [5.41, 5.74) is 0.724. The Balaban J connectivity index is 1.81. The molecule has 0 spiro atoms. The number of nitrogens with zero attached hydrogens (tertiary/aromatic N) is 1. The Kier molecular flexibility index (Phi) is 6.41. The van der Waals surface area contributed by atoms with Gasteiger partial charge >= 0.3 is 12.0 Å². The van der Waals surface area contributed by atoms with E-state index in [1.54, 1.807) is 24.3 Å². The largest absolute Gasteiger partial charge is 0.494 e. The van der Waals surface area contributed by atoms with Crippen molar-refractivity contribution in [2.75, 3.05) is 20.3 Å². The molecule has 0 aliphatic carbocycles. The van der Waals surface area contributed by atoms with Crippen LogP contribution in [0.4, 0.5) is 4.79 Å². The highest BCUT2D eigenvalue weighted by Crippen LogP contribution is 2.28. The van der Waals surface area contributed by atoms with Gasteiger partial charge in [-0.1, -0.05) is 0 Å². The van der Waals surface area contributed by atoms with Crippen LogP contribution in [-0.2, 0) is 16.1 Å². The molecule has 9 nitrogen and oxygen atoms in total. The number of carbonyl (C=O) groups excluding carboxylic acids is 3. The van der Waals surface area contributed by atoms with Crippen LogP contribution < -0.4 is 14.8 Å². The summed E-state index contributed by atoms with van der Waals surface area (Å²) in [6.45, 7) is 4.55. The van der Waals surface area contributed by atoms with Gasteiger partial charge in [0, 0.05) is 11.6 Å². The molecule has 3 rings (SSSR count). The van der Waals surface area contributed by atoms with Gasteiger partial charge in [0.15, 0.2) is 0 Å². The SMILES string of the molecule is CCOc1ccc(C=C2NC(=O)N(Cc3ccc(C(=O)OC)o3)C2=O)c(OCC)c1. The Morgan fingerprint density at radius 1 is 1.13 bits per heavy atom. The number of benzene rings is 1. The van der Waals surface area contributed by atoms with E-state index in [1.165, 1.54) is 19.2 Å². The van der Waals surface area contributed by atoms with Gasteiger partial charge in [-0.3, -0.25) is 9.69 Å². The van der Waals surface area contributed by atoms with E-state index < -0.39 is 17.9 Å². The van der Waals surface area contributed by atoms with Crippen LogP contribution in [0.5, 0.6) is 11.5 Å². The second-order valence-electron chi connectivity index (χ2n) is 6.20. The fourth-order valence-corrected chi connectivity index (χ4v) is 2.87. The van der Waals surface area contributed by atoms with Gasteiger partial charge in [-0.25, -0.2) is 9.59 Å². The quantitative estimate of drug-likeness (QED) is 0.402. The number of imide groups is 1. The summed E-state index contributed by atoms with van der Waals surface area (Å²) in [6, 6.07) is 7.58. The smallest absolute Gasteiger partial charge is 0.373 e.